The second-order valence-electron chi connectivity index (χ2n) is 10.8. The third-order valence-electron chi connectivity index (χ3n) is 7.94. The molecule has 1 amide bonds. The van der Waals surface area contributed by atoms with Gasteiger partial charge in [0.25, 0.3) is 11.8 Å². The first-order valence-corrected chi connectivity index (χ1v) is 14.2. The minimum Gasteiger partial charge on any atom is -0.496 e. The Hall–Kier alpha value is -5.10. The number of aryl methyl sites for hydroxylation is 1. The molecule has 3 aromatic carbocycles. The molecule has 238 valence electrons. The van der Waals surface area contributed by atoms with E-state index in [-0.39, 0.29) is 46.3 Å². The van der Waals surface area contributed by atoms with Gasteiger partial charge in [0, 0.05) is 43.4 Å². The molecule has 0 bridgehead atoms. The second-order valence-corrected chi connectivity index (χ2v) is 10.8. The van der Waals surface area contributed by atoms with E-state index >= 15 is 4.39 Å². The molecule has 0 atom stereocenters. The van der Waals surface area contributed by atoms with Gasteiger partial charge in [-0.25, -0.2) is 27.5 Å². The molecular weight excluding hydrogens is 604 g/mol. The topological polar surface area (TPSA) is 106 Å². The summed E-state index contributed by atoms with van der Waals surface area (Å²) in [5.41, 5.74) is 1.54. The average Bonchev–Trinajstić information content (AvgIpc) is 3.45. The number of furan rings is 1. The molecule has 1 fully saturated rings. The number of aromatic nitrogens is 2. The van der Waals surface area contributed by atoms with Crippen LogP contribution in [0, 0.1) is 18.6 Å². The number of hydrogen-bond donors (Lipinski definition) is 2. The zero-order chi connectivity index (χ0) is 33.2. The van der Waals surface area contributed by atoms with Crippen molar-refractivity contribution < 1.29 is 36.3 Å². The lowest BCUT2D eigenvalue weighted by molar-refractivity contribution is -0.138. The van der Waals surface area contributed by atoms with Crippen molar-refractivity contribution in [2.45, 2.75) is 31.2 Å². The number of nitrogens with zero attached hydrogens (tertiary/aromatic N) is 2. The van der Waals surface area contributed by atoms with Gasteiger partial charge in [-0.15, -0.1) is 0 Å². The summed E-state index contributed by atoms with van der Waals surface area (Å²) in [4.78, 5) is 32.2. The molecule has 46 heavy (non-hydrogen) atoms. The second kappa shape index (κ2) is 12.7. The van der Waals surface area contributed by atoms with Crippen LogP contribution in [0.15, 0.2) is 71.4 Å². The number of nitrogens with one attached hydrogen (secondary N) is 2. The molecule has 1 aliphatic rings. The highest BCUT2D eigenvalue weighted by molar-refractivity contribution is 6.12. The first-order valence-electron chi connectivity index (χ1n) is 14.2. The zero-order valence-corrected chi connectivity index (χ0v) is 25.4. The van der Waals surface area contributed by atoms with E-state index in [1.807, 2.05) is 0 Å². The van der Waals surface area contributed by atoms with Crippen LogP contribution in [0.5, 0.6) is 5.75 Å². The number of carbonyl (C=O) groups excluding carboxylic acids is 2. The number of carbonyl (C=O) groups is 2. The average molecular weight is 635 g/mol. The van der Waals surface area contributed by atoms with Crippen molar-refractivity contribution in [2.24, 2.45) is 0 Å². The van der Waals surface area contributed by atoms with Gasteiger partial charge in [-0.3, -0.25) is 9.59 Å². The maximum Gasteiger partial charge on any atom is 0.255 e. The molecule has 2 aromatic heterocycles. The molecule has 5 aromatic rings. The van der Waals surface area contributed by atoms with Gasteiger partial charge in [0.05, 0.1) is 29.2 Å². The molecule has 0 saturated heterocycles. The first kappa shape index (κ1) is 32.3. The summed E-state index contributed by atoms with van der Waals surface area (Å²) >= 11 is 0. The lowest BCUT2D eigenvalue weighted by atomic mass is 9.73. The van der Waals surface area contributed by atoms with Crippen molar-refractivity contribution in [1.82, 2.24) is 20.6 Å². The SMILES string of the molecule is CNC(=O)c1c(-c2ccc(F)cc2)oc2ccc(-c3cc(C=O)c(OC)cc3C)c(F)c12.CNC1(c2ncccn2)CC(F)(F)C1. The Labute approximate surface area is 261 Å². The minimum absolute atomic E-state index is 0.00375. The van der Waals surface area contributed by atoms with E-state index < -0.39 is 29.0 Å². The molecule has 0 spiro atoms. The molecule has 2 heterocycles. The van der Waals surface area contributed by atoms with Gasteiger partial charge in [-0.1, -0.05) is 0 Å². The van der Waals surface area contributed by atoms with E-state index in [1.165, 1.54) is 44.5 Å². The predicted molar refractivity (Wildman–Crippen MR) is 164 cm³/mol. The molecule has 0 unspecified atom stereocenters. The van der Waals surface area contributed by atoms with Gasteiger partial charge in [-0.05, 0) is 79.7 Å². The van der Waals surface area contributed by atoms with Crippen molar-refractivity contribution in [3.8, 4) is 28.2 Å². The standard InChI is InChI=1S/C25H19F2NO4.C9H11F2N3/c1-13-10-20(31-3)15(12-29)11-18(13)17-8-9-19-21(23(17)27)22(25(30)28-2)24(32-19)14-4-6-16(26)7-5-14;1-12-8(5-9(10,11)6-8)7-13-3-2-4-14-7/h4-12H,1-3H3,(H,28,30);2-4,12H,5-6H2,1H3. The van der Waals surface area contributed by atoms with Gasteiger partial charge in [0.2, 0.25) is 0 Å². The number of fused-ring (bicyclic) bond motifs is 1. The van der Waals surface area contributed by atoms with Gasteiger partial charge in [-0.2, -0.15) is 0 Å². The van der Waals surface area contributed by atoms with Crippen molar-refractivity contribution in [3.05, 3.63) is 101 Å². The van der Waals surface area contributed by atoms with Crippen molar-refractivity contribution in [3.63, 3.8) is 0 Å². The molecular formula is C34H30F4N4O4. The van der Waals surface area contributed by atoms with Crippen molar-refractivity contribution >= 4 is 23.2 Å². The Kier molecular flexibility index (Phi) is 8.93. The molecule has 0 aliphatic heterocycles. The molecule has 0 radical (unpaired) electrons. The minimum atomic E-state index is -2.58. The van der Waals surface area contributed by atoms with Crippen LogP contribution in [-0.2, 0) is 5.54 Å². The molecule has 8 nitrogen and oxygen atoms in total. The Bertz CT molecular complexity index is 1900. The van der Waals surface area contributed by atoms with E-state index in [0.29, 0.717) is 34.6 Å². The summed E-state index contributed by atoms with van der Waals surface area (Å²) in [6, 6.07) is 13.4. The summed E-state index contributed by atoms with van der Waals surface area (Å²) in [6.45, 7) is 1.77. The fourth-order valence-corrected chi connectivity index (χ4v) is 5.59. The van der Waals surface area contributed by atoms with Gasteiger partial charge >= 0.3 is 0 Å². The third kappa shape index (κ3) is 5.95. The summed E-state index contributed by atoms with van der Waals surface area (Å²) in [6.07, 6.45) is 3.33. The highest BCUT2D eigenvalue weighted by Crippen LogP contribution is 2.50. The number of halogens is 4. The Morgan fingerprint density at radius 1 is 1.00 bits per heavy atom. The number of alkyl halides is 2. The summed E-state index contributed by atoms with van der Waals surface area (Å²) in [7, 11) is 4.54. The lowest BCUT2D eigenvalue weighted by Gasteiger charge is -2.45. The van der Waals surface area contributed by atoms with Crippen molar-refractivity contribution in [1.29, 1.82) is 0 Å². The van der Waals surface area contributed by atoms with Crippen LogP contribution in [0.3, 0.4) is 0 Å². The number of rotatable bonds is 7. The maximum atomic E-state index is 15.9. The molecule has 1 aliphatic carbocycles. The number of methoxy groups -OCH3 is 1. The number of benzene rings is 3. The fourth-order valence-electron chi connectivity index (χ4n) is 5.59. The van der Waals surface area contributed by atoms with E-state index in [9.17, 15) is 22.8 Å². The van der Waals surface area contributed by atoms with Crippen LogP contribution in [0.4, 0.5) is 17.6 Å². The van der Waals surface area contributed by atoms with Crippen LogP contribution in [0.1, 0.15) is 44.9 Å². The Balaban J connectivity index is 0.000000247. The summed E-state index contributed by atoms with van der Waals surface area (Å²) in [5.74, 6) is -3.26. The van der Waals surface area contributed by atoms with Gasteiger partial charge in [0.1, 0.15) is 34.6 Å². The van der Waals surface area contributed by atoms with Crippen LogP contribution in [0.2, 0.25) is 0 Å². The van der Waals surface area contributed by atoms with E-state index in [1.54, 1.807) is 50.6 Å². The lowest BCUT2D eigenvalue weighted by Crippen LogP contribution is -2.57. The number of aldehydes is 1. The van der Waals surface area contributed by atoms with Crippen LogP contribution >= 0.6 is 0 Å². The van der Waals surface area contributed by atoms with E-state index in [4.69, 9.17) is 9.15 Å². The zero-order valence-electron chi connectivity index (χ0n) is 25.4. The van der Waals surface area contributed by atoms with E-state index in [0.717, 1.165) is 0 Å². The first-order chi connectivity index (χ1) is 22.0. The monoisotopic (exact) mass is 634 g/mol. The predicted octanol–water partition coefficient (Wildman–Crippen LogP) is 6.85. The molecule has 2 N–H and O–H groups in total. The Morgan fingerprint density at radius 3 is 2.24 bits per heavy atom. The van der Waals surface area contributed by atoms with Gasteiger partial charge in [0.15, 0.2) is 6.29 Å². The van der Waals surface area contributed by atoms with Crippen LogP contribution in [0.25, 0.3) is 33.4 Å². The Morgan fingerprint density at radius 2 is 1.67 bits per heavy atom. The van der Waals surface area contributed by atoms with Crippen LogP contribution < -0.4 is 15.4 Å². The number of hydrogen-bond acceptors (Lipinski definition) is 7. The normalized spacial score (nSPS) is 14.5. The van der Waals surface area contributed by atoms with Crippen LogP contribution in [-0.4, -0.2) is 49.3 Å². The maximum absolute atomic E-state index is 15.9. The largest absolute Gasteiger partial charge is 0.496 e. The fraction of sp³-hybridized carbons (Fsp3) is 0.235. The van der Waals surface area contributed by atoms with Gasteiger partial charge < -0.3 is 19.8 Å². The quantitative estimate of drug-likeness (QED) is 0.149. The summed E-state index contributed by atoms with van der Waals surface area (Å²) < 4.78 is 65.9. The highest BCUT2D eigenvalue weighted by atomic mass is 19.3. The third-order valence-corrected chi connectivity index (χ3v) is 7.94. The number of ether oxygens (including phenoxy) is 1. The summed E-state index contributed by atoms with van der Waals surface area (Å²) in [5, 5.41) is 5.40. The number of amides is 1. The van der Waals surface area contributed by atoms with Crippen molar-refractivity contribution in [2.75, 3.05) is 21.2 Å². The smallest absolute Gasteiger partial charge is 0.255 e. The highest BCUT2D eigenvalue weighted by Gasteiger charge is 2.58. The van der Waals surface area contributed by atoms with E-state index in [2.05, 4.69) is 20.6 Å². The molecule has 6 rings (SSSR count). The molecule has 1 saturated carbocycles. The molecule has 12 heteroatoms.